The van der Waals surface area contributed by atoms with Crippen molar-refractivity contribution >= 4 is 11.9 Å². The summed E-state index contributed by atoms with van der Waals surface area (Å²) in [5.41, 5.74) is 0. The molecule has 0 saturated heterocycles. The zero-order valence-corrected chi connectivity index (χ0v) is 39.1. The first-order chi connectivity index (χ1) is 28.6. The van der Waals surface area contributed by atoms with Gasteiger partial charge in [0.15, 0.2) is 6.10 Å². The van der Waals surface area contributed by atoms with Gasteiger partial charge in [0.1, 0.15) is 6.61 Å². The Labute approximate surface area is 361 Å². The van der Waals surface area contributed by atoms with Crippen LogP contribution in [0.5, 0.6) is 0 Å². The van der Waals surface area contributed by atoms with E-state index >= 15 is 0 Å². The summed E-state index contributed by atoms with van der Waals surface area (Å²) in [7, 11) is 0. The molecule has 0 saturated carbocycles. The average molecular weight is 815 g/mol. The lowest BCUT2D eigenvalue weighted by Gasteiger charge is -2.18. The summed E-state index contributed by atoms with van der Waals surface area (Å²) in [6, 6.07) is 0. The number of rotatable bonds is 47. The lowest BCUT2D eigenvalue weighted by atomic mass is 10.1. The van der Waals surface area contributed by atoms with Gasteiger partial charge in [-0.1, -0.05) is 198 Å². The van der Waals surface area contributed by atoms with Crippen LogP contribution in [0.15, 0.2) is 36.5 Å². The van der Waals surface area contributed by atoms with Crippen molar-refractivity contribution in [3.8, 4) is 0 Å². The molecule has 58 heavy (non-hydrogen) atoms. The van der Waals surface area contributed by atoms with Gasteiger partial charge in [0.2, 0.25) is 0 Å². The van der Waals surface area contributed by atoms with Crippen LogP contribution < -0.4 is 0 Å². The van der Waals surface area contributed by atoms with Gasteiger partial charge in [-0.3, -0.25) is 9.59 Å². The fourth-order valence-corrected chi connectivity index (χ4v) is 7.25. The molecular weight excluding hydrogens is 717 g/mol. The molecule has 0 aliphatic heterocycles. The molecule has 0 aromatic carbocycles. The number of carbonyl (C=O) groups is 2. The molecule has 0 spiro atoms. The molecule has 0 aliphatic carbocycles. The van der Waals surface area contributed by atoms with Crippen molar-refractivity contribution in [1.82, 2.24) is 0 Å². The summed E-state index contributed by atoms with van der Waals surface area (Å²) in [5.74, 6) is -0.411. The van der Waals surface area contributed by atoms with E-state index < -0.39 is 6.10 Å². The van der Waals surface area contributed by atoms with Crippen LogP contribution in [-0.4, -0.2) is 37.9 Å². The van der Waals surface area contributed by atoms with Crippen molar-refractivity contribution in [2.45, 2.75) is 271 Å². The second kappa shape index (κ2) is 49.5. The number of unbranched alkanes of at least 4 members (excludes halogenated alkanes) is 30. The van der Waals surface area contributed by atoms with Crippen LogP contribution in [-0.2, 0) is 23.8 Å². The third-order valence-corrected chi connectivity index (χ3v) is 11.1. The fraction of sp³-hybridized carbons (Fsp3) is 0.849. The van der Waals surface area contributed by atoms with Crippen LogP contribution in [0, 0.1) is 0 Å². The third kappa shape index (κ3) is 46.8. The maximum absolute atomic E-state index is 12.7. The van der Waals surface area contributed by atoms with Crippen LogP contribution in [0.1, 0.15) is 265 Å². The number of carbonyl (C=O) groups excluding carboxylic acids is 2. The third-order valence-electron chi connectivity index (χ3n) is 11.1. The predicted octanol–water partition coefficient (Wildman–Crippen LogP) is 17.0. The minimum Gasteiger partial charge on any atom is -0.462 e. The summed E-state index contributed by atoms with van der Waals surface area (Å²) >= 11 is 0. The van der Waals surface area contributed by atoms with Crippen molar-refractivity contribution in [2.24, 2.45) is 0 Å². The van der Waals surface area contributed by atoms with E-state index in [1.807, 2.05) is 0 Å². The zero-order valence-electron chi connectivity index (χ0n) is 39.1. The first-order valence-corrected chi connectivity index (χ1v) is 25.5. The van der Waals surface area contributed by atoms with Gasteiger partial charge in [-0.25, -0.2) is 0 Å². The molecule has 0 aliphatic rings. The summed E-state index contributed by atoms with van der Waals surface area (Å²) in [6.45, 7) is 7.78. The van der Waals surface area contributed by atoms with Gasteiger partial charge in [-0.15, -0.1) is 0 Å². The van der Waals surface area contributed by atoms with Crippen LogP contribution in [0.3, 0.4) is 0 Å². The van der Waals surface area contributed by atoms with E-state index in [0.29, 0.717) is 19.4 Å². The van der Waals surface area contributed by atoms with Crippen molar-refractivity contribution in [1.29, 1.82) is 0 Å². The molecule has 0 heterocycles. The molecular formula is C53H98O5. The van der Waals surface area contributed by atoms with Crippen molar-refractivity contribution in [3.05, 3.63) is 36.5 Å². The Bertz CT molecular complexity index is 924. The number of hydrogen-bond donors (Lipinski definition) is 0. The molecule has 5 nitrogen and oxygen atoms in total. The Kier molecular flexibility index (Phi) is 47.9. The Morgan fingerprint density at radius 2 is 0.690 bits per heavy atom. The molecule has 0 fully saturated rings. The molecule has 0 radical (unpaired) electrons. The average Bonchev–Trinajstić information content (AvgIpc) is 3.22. The van der Waals surface area contributed by atoms with Crippen LogP contribution >= 0.6 is 0 Å². The van der Waals surface area contributed by atoms with E-state index in [4.69, 9.17) is 14.2 Å². The predicted molar refractivity (Wildman–Crippen MR) is 252 cm³/mol. The SMILES string of the molecule is CCCC/C=C\CCCCCCCC(=O)OC(COCCCCCCCCCC/C=C\CCCCCCCC)COC(=O)CCCCCCC/C=C\CCCCCC. The number of hydrogen-bond acceptors (Lipinski definition) is 5. The Balaban J connectivity index is 4.22. The first kappa shape index (κ1) is 56.1. The number of ether oxygens (including phenoxy) is 3. The Morgan fingerprint density at radius 1 is 0.362 bits per heavy atom. The van der Waals surface area contributed by atoms with Crippen LogP contribution in [0.4, 0.5) is 0 Å². The van der Waals surface area contributed by atoms with Crippen molar-refractivity contribution in [2.75, 3.05) is 19.8 Å². The van der Waals surface area contributed by atoms with E-state index in [0.717, 1.165) is 64.2 Å². The summed E-state index contributed by atoms with van der Waals surface area (Å²) < 4.78 is 17.4. The lowest BCUT2D eigenvalue weighted by molar-refractivity contribution is -0.163. The van der Waals surface area contributed by atoms with E-state index in [9.17, 15) is 9.59 Å². The Morgan fingerprint density at radius 3 is 1.12 bits per heavy atom. The van der Waals surface area contributed by atoms with E-state index in [1.54, 1.807) is 0 Å². The second-order valence-electron chi connectivity index (χ2n) is 17.1. The molecule has 0 bridgehead atoms. The molecule has 0 aromatic rings. The topological polar surface area (TPSA) is 61.8 Å². The number of esters is 2. The van der Waals surface area contributed by atoms with Crippen molar-refractivity contribution < 1.29 is 23.8 Å². The van der Waals surface area contributed by atoms with E-state index in [1.165, 1.54) is 167 Å². The van der Waals surface area contributed by atoms with Gasteiger partial charge in [0.25, 0.3) is 0 Å². The maximum Gasteiger partial charge on any atom is 0.306 e. The van der Waals surface area contributed by atoms with Gasteiger partial charge >= 0.3 is 11.9 Å². The second-order valence-corrected chi connectivity index (χ2v) is 17.1. The van der Waals surface area contributed by atoms with Crippen LogP contribution in [0.25, 0.3) is 0 Å². The van der Waals surface area contributed by atoms with Gasteiger partial charge in [-0.05, 0) is 89.9 Å². The number of allylic oxidation sites excluding steroid dienone is 6. The molecule has 0 aromatic heterocycles. The largest absolute Gasteiger partial charge is 0.462 e. The minimum atomic E-state index is -0.541. The fourth-order valence-electron chi connectivity index (χ4n) is 7.25. The Hall–Kier alpha value is -1.88. The van der Waals surface area contributed by atoms with Gasteiger partial charge in [0, 0.05) is 19.4 Å². The van der Waals surface area contributed by atoms with E-state index in [2.05, 4.69) is 57.2 Å². The minimum absolute atomic E-state index is 0.0794. The first-order valence-electron chi connectivity index (χ1n) is 25.5. The maximum atomic E-state index is 12.7. The normalized spacial score (nSPS) is 12.4. The molecule has 1 atom stereocenters. The monoisotopic (exact) mass is 815 g/mol. The summed E-state index contributed by atoms with van der Waals surface area (Å²) in [4.78, 5) is 25.3. The highest BCUT2D eigenvalue weighted by Gasteiger charge is 2.17. The molecule has 0 rings (SSSR count). The molecule has 0 amide bonds. The highest BCUT2D eigenvalue weighted by Crippen LogP contribution is 2.14. The van der Waals surface area contributed by atoms with Crippen molar-refractivity contribution in [3.63, 3.8) is 0 Å². The van der Waals surface area contributed by atoms with Gasteiger partial charge < -0.3 is 14.2 Å². The van der Waals surface area contributed by atoms with Gasteiger partial charge in [0.05, 0.1) is 6.61 Å². The molecule has 1 unspecified atom stereocenters. The molecule has 340 valence electrons. The van der Waals surface area contributed by atoms with Crippen LogP contribution in [0.2, 0.25) is 0 Å². The van der Waals surface area contributed by atoms with E-state index in [-0.39, 0.29) is 25.2 Å². The quantitative estimate of drug-likeness (QED) is 0.0348. The highest BCUT2D eigenvalue weighted by molar-refractivity contribution is 5.70. The lowest BCUT2D eigenvalue weighted by Crippen LogP contribution is -2.30. The highest BCUT2D eigenvalue weighted by atomic mass is 16.6. The smallest absolute Gasteiger partial charge is 0.306 e. The molecule has 0 N–H and O–H groups in total. The van der Waals surface area contributed by atoms with Gasteiger partial charge in [-0.2, -0.15) is 0 Å². The summed E-state index contributed by atoms with van der Waals surface area (Å²) in [5, 5.41) is 0. The summed E-state index contributed by atoms with van der Waals surface area (Å²) in [6.07, 6.45) is 58.6. The zero-order chi connectivity index (χ0) is 42.1. The standard InChI is InChI=1S/C53H98O5/c1-4-7-10-13-16-19-22-24-25-26-27-28-30-33-36-39-42-45-48-56-49-51(58-53(55)47-44-41-38-35-31-21-18-15-12-9-6-3)50-57-52(54)46-43-40-37-34-32-29-23-20-17-14-11-8-5-2/h15,18,20,23-25,51H,4-14,16-17,19,21-22,26-50H2,1-3H3/b18-15-,23-20-,25-24-. The molecule has 5 heteroatoms.